The molecule has 0 aliphatic heterocycles. The van der Waals surface area contributed by atoms with Crippen molar-refractivity contribution in [1.29, 1.82) is 0 Å². The summed E-state index contributed by atoms with van der Waals surface area (Å²) in [5.41, 5.74) is 1.62. The lowest BCUT2D eigenvalue weighted by atomic mass is 10.1. The van der Waals surface area contributed by atoms with Crippen LogP contribution >= 0.6 is 11.8 Å². The van der Waals surface area contributed by atoms with Crippen LogP contribution in [0, 0.1) is 0 Å². The van der Waals surface area contributed by atoms with Crippen molar-refractivity contribution in [3.63, 3.8) is 0 Å². The summed E-state index contributed by atoms with van der Waals surface area (Å²) in [6.07, 6.45) is 5.60. The number of carbonyl (C=O) groups excluding carboxylic acids is 3. The Morgan fingerprint density at radius 3 is 2.48 bits per heavy atom. The van der Waals surface area contributed by atoms with Gasteiger partial charge in [0, 0.05) is 23.5 Å². The van der Waals surface area contributed by atoms with E-state index in [1.165, 1.54) is 24.8 Å². The van der Waals surface area contributed by atoms with Crippen molar-refractivity contribution in [2.24, 2.45) is 0 Å². The van der Waals surface area contributed by atoms with Gasteiger partial charge in [-0.05, 0) is 55.5 Å². The third-order valence-corrected chi connectivity index (χ3v) is 5.11. The van der Waals surface area contributed by atoms with Gasteiger partial charge in [-0.3, -0.25) is 9.59 Å². The van der Waals surface area contributed by atoms with Crippen molar-refractivity contribution in [3.8, 4) is 11.5 Å². The molecule has 0 saturated carbocycles. The Morgan fingerprint density at radius 1 is 1.03 bits per heavy atom. The maximum Gasteiger partial charge on any atom is 0.331 e. The van der Waals surface area contributed by atoms with Crippen LogP contribution in [0.1, 0.15) is 43.1 Å². The molecule has 1 N–H and O–H groups in total. The molecule has 0 aromatic heterocycles. The Morgan fingerprint density at radius 2 is 1.82 bits per heavy atom. The summed E-state index contributed by atoms with van der Waals surface area (Å²) in [4.78, 5) is 36.8. The number of anilines is 1. The number of hydrogen-bond acceptors (Lipinski definition) is 7. The van der Waals surface area contributed by atoms with Gasteiger partial charge >= 0.3 is 5.97 Å². The number of esters is 1. The molecule has 0 bridgehead atoms. The molecular weight excluding hydrogens is 442 g/mol. The Balaban J connectivity index is 2.00. The second kappa shape index (κ2) is 13.3. The molecule has 0 aliphatic rings. The van der Waals surface area contributed by atoms with E-state index in [-0.39, 0.29) is 11.7 Å². The molecule has 8 heteroatoms. The lowest BCUT2D eigenvalue weighted by Gasteiger charge is -2.12. The van der Waals surface area contributed by atoms with Crippen molar-refractivity contribution < 1.29 is 28.6 Å². The van der Waals surface area contributed by atoms with Crippen molar-refractivity contribution in [2.45, 2.75) is 32.1 Å². The van der Waals surface area contributed by atoms with Gasteiger partial charge < -0.3 is 19.5 Å². The van der Waals surface area contributed by atoms with Crippen LogP contribution in [0.3, 0.4) is 0 Å². The first-order chi connectivity index (χ1) is 15.9. The Labute approximate surface area is 198 Å². The smallest absolute Gasteiger partial charge is 0.331 e. The molecule has 0 spiro atoms. The lowest BCUT2D eigenvalue weighted by Crippen LogP contribution is -2.14. The van der Waals surface area contributed by atoms with E-state index in [1.807, 2.05) is 20.1 Å². The largest absolute Gasteiger partial charge is 0.490 e. The van der Waals surface area contributed by atoms with Gasteiger partial charge in [-0.15, -0.1) is 11.8 Å². The van der Waals surface area contributed by atoms with E-state index in [4.69, 9.17) is 14.2 Å². The Kier molecular flexibility index (Phi) is 10.5. The molecule has 0 heterocycles. The number of hydrogen-bond donors (Lipinski definition) is 1. The quantitative estimate of drug-likeness (QED) is 0.202. The fourth-order valence-corrected chi connectivity index (χ4v) is 3.36. The first-order valence-electron chi connectivity index (χ1n) is 10.6. The molecule has 0 unspecified atom stereocenters. The Bertz CT molecular complexity index is 1020. The third-order valence-electron chi connectivity index (χ3n) is 4.32. The van der Waals surface area contributed by atoms with E-state index in [1.54, 1.807) is 42.5 Å². The molecule has 1 amide bonds. The fourth-order valence-electron chi connectivity index (χ4n) is 2.83. The summed E-state index contributed by atoms with van der Waals surface area (Å²) >= 11 is 1.45. The molecule has 2 rings (SSSR count). The van der Waals surface area contributed by atoms with Crippen LogP contribution in [-0.4, -0.2) is 43.7 Å². The molecular formula is C25H29NO6S. The van der Waals surface area contributed by atoms with Gasteiger partial charge in [0.05, 0.1) is 18.9 Å². The molecule has 0 saturated heterocycles. The maximum absolute atomic E-state index is 12.5. The molecule has 0 atom stereocenters. The zero-order valence-corrected chi connectivity index (χ0v) is 20.1. The number of nitrogens with one attached hydrogen (secondary N) is 1. The molecule has 2 aromatic rings. The molecule has 0 fully saturated rings. The number of amides is 1. The van der Waals surface area contributed by atoms with Gasteiger partial charge in [-0.1, -0.05) is 19.1 Å². The first-order valence-corrected chi connectivity index (χ1v) is 11.8. The molecule has 176 valence electrons. The normalized spacial score (nSPS) is 10.7. The minimum absolute atomic E-state index is 0.232. The first kappa shape index (κ1) is 26.0. The maximum atomic E-state index is 12.5. The molecule has 0 radical (unpaired) electrons. The Hall–Kier alpha value is -3.26. The lowest BCUT2D eigenvalue weighted by molar-refractivity contribution is -0.136. The van der Waals surface area contributed by atoms with Crippen LogP contribution in [0.5, 0.6) is 11.5 Å². The fraction of sp³-hybridized carbons (Fsp3) is 0.320. The van der Waals surface area contributed by atoms with Crippen molar-refractivity contribution in [3.05, 3.63) is 53.6 Å². The van der Waals surface area contributed by atoms with Gasteiger partial charge in [0.1, 0.15) is 0 Å². The second-order valence-electron chi connectivity index (χ2n) is 6.95. The van der Waals surface area contributed by atoms with E-state index in [0.29, 0.717) is 36.0 Å². The highest BCUT2D eigenvalue weighted by Gasteiger charge is 2.12. The highest BCUT2D eigenvalue weighted by Crippen LogP contribution is 2.29. The van der Waals surface area contributed by atoms with E-state index < -0.39 is 12.6 Å². The summed E-state index contributed by atoms with van der Waals surface area (Å²) in [5.74, 6) is 0.00173. The summed E-state index contributed by atoms with van der Waals surface area (Å²) in [6.45, 7) is 5.97. The zero-order chi connectivity index (χ0) is 24.2. The van der Waals surface area contributed by atoms with Crippen LogP contribution in [-0.2, 0) is 14.3 Å². The number of ether oxygens (including phenoxy) is 3. The predicted octanol–water partition coefficient (Wildman–Crippen LogP) is 4.99. The van der Waals surface area contributed by atoms with Gasteiger partial charge in [0.25, 0.3) is 0 Å². The van der Waals surface area contributed by atoms with Crippen LogP contribution in [0.25, 0.3) is 6.08 Å². The standard InChI is InChI=1S/C25H29NO6S/c1-5-13-31-22-10-7-18(14-23(22)30-6-2)8-12-25(29)32-16-21(28)19-9-11-24(33-4)20(15-19)26-17(3)27/h7-12,14-15H,5-6,13,16H2,1-4H3,(H,26,27)/b12-8+. The zero-order valence-electron chi connectivity index (χ0n) is 19.3. The predicted molar refractivity (Wildman–Crippen MR) is 130 cm³/mol. The van der Waals surface area contributed by atoms with E-state index in [2.05, 4.69) is 5.32 Å². The highest BCUT2D eigenvalue weighted by molar-refractivity contribution is 7.98. The topological polar surface area (TPSA) is 90.9 Å². The number of carbonyl (C=O) groups is 3. The van der Waals surface area contributed by atoms with Crippen molar-refractivity contribution >= 4 is 41.2 Å². The van der Waals surface area contributed by atoms with E-state index in [0.717, 1.165) is 16.9 Å². The molecule has 2 aromatic carbocycles. The highest BCUT2D eigenvalue weighted by atomic mass is 32.2. The van der Waals surface area contributed by atoms with Gasteiger partial charge in [0.2, 0.25) is 5.91 Å². The second-order valence-corrected chi connectivity index (χ2v) is 7.80. The summed E-state index contributed by atoms with van der Waals surface area (Å²) in [5, 5.41) is 2.70. The van der Waals surface area contributed by atoms with Crippen LogP contribution in [0.15, 0.2) is 47.4 Å². The number of thioether (sulfide) groups is 1. The SMILES string of the molecule is CCCOc1ccc(/C=C/C(=O)OCC(=O)c2ccc(SC)c(NC(C)=O)c2)cc1OCC. The summed E-state index contributed by atoms with van der Waals surface area (Å²) in [7, 11) is 0. The average molecular weight is 472 g/mol. The van der Waals surface area contributed by atoms with Crippen LogP contribution in [0.2, 0.25) is 0 Å². The number of rotatable bonds is 12. The summed E-state index contributed by atoms with van der Waals surface area (Å²) < 4.78 is 16.4. The number of ketones is 1. The average Bonchev–Trinajstić information content (AvgIpc) is 2.80. The molecule has 7 nitrogen and oxygen atoms in total. The van der Waals surface area contributed by atoms with Crippen molar-refractivity contribution in [1.82, 2.24) is 0 Å². The van der Waals surface area contributed by atoms with Crippen molar-refractivity contribution in [2.75, 3.05) is 31.4 Å². The third kappa shape index (κ3) is 8.31. The summed E-state index contributed by atoms with van der Waals surface area (Å²) in [6, 6.07) is 10.3. The van der Waals surface area contributed by atoms with Gasteiger partial charge in [0.15, 0.2) is 23.9 Å². The van der Waals surface area contributed by atoms with E-state index in [9.17, 15) is 14.4 Å². The molecule has 0 aliphatic carbocycles. The minimum Gasteiger partial charge on any atom is -0.490 e. The molecule has 33 heavy (non-hydrogen) atoms. The van der Waals surface area contributed by atoms with Crippen LogP contribution in [0.4, 0.5) is 5.69 Å². The number of benzene rings is 2. The van der Waals surface area contributed by atoms with E-state index >= 15 is 0 Å². The number of Topliss-reactive ketones (excluding diaryl/α,β-unsaturated/α-hetero) is 1. The van der Waals surface area contributed by atoms with Crippen LogP contribution < -0.4 is 14.8 Å². The monoisotopic (exact) mass is 471 g/mol. The minimum atomic E-state index is -0.643. The van der Waals surface area contributed by atoms with Gasteiger partial charge in [-0.25, -0.2) is 4.79 Å². The van der Waals surface area contributed by atoms with Gasteiger partial charge in [-0.2, -0.15) is 0 Å².